The zero-order valence-electron chi connectivity index (χ0n) is 14.0. The van der Waals surface area contributed by atoms with Gasteiger partial charge in [-0.2, -0.15) is 5.26 Å². The summed E-state index contributed by atoms with van der Waals surface area (Å²) in [5.74, 6) is 1.55. The third-order valence-corrected chi connectivity index (χ3v) is 4.14. The van der Waals surface area contributed by atoms with Crippen molar-refractivity contribution in [2.45, 2.75) is 6.10 Å². The van der Waals surface area contributed by atoms with E-state index in [0.717, 1.165) is 32.0 Å². The molecule has 1 aliphatic rings. The number of benzene rings is 1. The average molecular weight is 339 g/mol. The fourth-order valence-corrected chi connectivity index (χ4v) is 2.78. The topological polar surface area (TPSA) is 85.5 Å². The van der Waals surface area contributed by atoms with Gasteiger partial charge in [-0.05, 0) is 24.3 Å². The first kappa shape index (κ1) is 17.1. The van der Waals surface area contributed by atoms with Gasteiger partial charge in [0.25, 0.3) is 0 Å². The van der Waals surface area contributed by atoms with Crippen LogP contribution in [0.15, 0.2) is 42.9 Å². The Morgan fingerprint density at radius 2 is 1.92 bits per heavy atom. The van der Waals surface area contributed by atoms with Crippen LogP contribution in [0.3, 0.4) is 0 Å². The Bertz CT molecular complexity index is 694. The quantitative estimate of drug-likeness (QED) is 0.837. The molecule has 0 spiro atoms. The van der Waals surface area contributed by atoms with Crippen LogP contribution in [0.2, 0.25) is 0 Å². The largest absolute Gasteiger partial charge is 0.491 e. The fraction of sp³-hybridized carbons (Fsp3) is 0.389. The van der Waals surface area contributed by atoms with Crippen LogP contribution in [0.4, 0.5) is 5.82 Å². The van der Waals surface area contributed by atoms with Crippen molar-refractivity contribution >= 4 is 5.82 Å². The van der Waals surface area contributed by atoms with E-state index in [1.165, 1.54) is 0 Å². The van der Waals surface area contributed by atoms with Gasteiger partial charge < -0.3 is 14.7 Å². The lowest BCUT2D eigenvalue weighted by molar-refractivity contribution is 0.0662. The molecule has 1 N–H and O–H groups in total. The summed E-state index contributed by atoms with van der Waals surface area (Å²) in [4.78, 5) is 12.8. The summed E-state index contributed by atoms with van der Waals surface area (Å²) in [5, 5.41) is 19.0. The number of anilines is 1. The monoisotopic (exact) mass is 339 g/mol. The molecule has 1 aromatic heterocycles. The second-order valence-corrected chi connectivity index (χ2v) is 5.95. The lowest BCUT2D eigenvalue weighted by Crippen LogP contribution is -2.49. The van der Waals surface area contributed by atoms with Crippen molar-refractivity contribution in [3.05, 3.63) is 48.4 Å². The maximum Gasteiger partial charge on any atom is 0.147 e. The molecular formula is C18H21N5O2. The molecule has 25 heavy (non-hydrogen) atoms. The van der Waals surface area contributed by atoms with Crippen LogP contribution < -0.4 is 9.64 Å². The van der Waals surface area contributed by atoms with Crippen molar-refractivity contribution in [3.63, 3.8) is 0 Å². The third kappa shape index (κ3) is 4.89. The molecule has 3 rings (SSSR count). The molecule has 0 aliphatic carbocycles. The first-order valence-corrected chi connectivity index (χ1v) is 8.29. The molecule has 7 nitrogen and oxygen atoms in total. The van der Waals surface area contributed by atoms with E-state index in [-0.39, 0.29) is 6.61 Å². The second-order valence-electron chi connectivity index (χ2n) is 5.95. The molecule has 7 heteroatoms. The Labute approximate surface area is 147 Å². The number of aromatic nitrogens is 2. The van der Waals surface area contributed by atoms with E-state index in [2.05, 4.69) is 25.8 Å². The van der Waals surface area contributed by atoms with Gasteiger partial charge in [-0.1, -0.05) is 0 Å². The van der Waals surface area contributed by atoms with E-state index < -0.39 is 6.10 Å². The molecule has 0 saturated carbocycles. The fourth-order valence-electron chi connectivity index (χ4n) is 2.78. The van der Waals surface area contributed by atoms with Crippen molar-refractivity contribution < 1.29 is 9.84 Å². The third-order valence-electron chi connectivity index (χ3n) is 4.14. The summed E-state index contributed by atoms with van der Waals surface area (Å²) >= 11 is 0. The van der Waals surface area contributed by atoms with Gasteiger partial charge in [-0.15, -0.1) is 0 Å². The van der Waals surface area contributed by atoms with Crippen molar-refractivity contribution in [2.75, 3.05) is 44.2 Å². The van der Waals surface area contributed by atoms with Crippen molar-refractivity contribution in [2.24, 2.45) is 0 Å². The maximum atomic E-state index is 10.2. The van der Waals surface area contributed by atoms with Crippen molar-refractivity contribution in [1.29, 1.82) is 5.26 Å². The number of nitrogens with zero attached hydrogens (tertiary/aromatic N) is 5. The Kier molecular flexibility index (Phi) is 5.77. The number of piperazine rings is 1. The zero-order valence-corrected chi connectivity index (χ0v) is 14.0. The number of ether oxygens (including phenoxy) is 1. The minimum Gasteiger partial charge on any atom is -0.491 e. The first-order chi connectivity index (χ1) is 12.2. The summed E-state index contributed by atoms with van der Waals surface area (Å²) in [6, 6.07) is 8.95. The number of hydrogen-bond donors (Lipinski definition) is 1. The van der Waals surface area contributed by atoms with E-state index in [4.69, 9.17) is 10.00 Å². The number of aliphatic hydroxyl groups is 1. The lowest BCUT2D eigenvalue weighted by Gasteiger charge is -2.36. The minimum atomic E-state index is -0.557. The summed E-state index contributed by atoms with van der Waals surface area (Å²) in [6.45, 7) is 4.26. The summed E-state index contributed by atoms with van der Waals surface area (Å²) in [6.07, 6.45) is 4.59. The highest BCUT2D eigenvalue weighted by Gasteiger charge is 2.20. The van der Waals surface area contributed by atoms with Crippen LogP contribution in [-0.4, -0.2) is 65.4 Å². The highest BCUT2D eigenvalue weighted by atomic mass is 16.5. The molecule has 2 heterocycles. The summed E-state index contributed by atoms with van der Waals surface area (Å²) in [7, 11) is 0. The van der Waals surface area contributed by atoms with Gasteiger partial charge in [0.1, 0.15) is 24.3 Å². The lowest BCUT2D eigenvalue weighted by atomic mass is 10.2. The molecule has 0 bridgehead atoms. The van der Waals surface area contributed by atoms with E-state index in [1.54, 1.807) is 42.9 Å². The molecule has 1 saturated heterocycles. The van der Waals surface area contributed by atoms with Gasteiger partial charge in [0.15, 0.2) is 0 Å². The molecule has 0 radical (unpaired) electrons. The molecule has 1 aromatic carbocycles. The number of rotatable bonds is 6. The molecular weight excluding hydrogens is 318 g/mol. The van der Waals surface area contributed by atoms with Crippen LogP contribution >= 0.6 is 0 Å². The first-order valence-electron chi connectivity index (χ1n) is 8.29. The van der Waals surface area contributed by atoms with Crippen molar-refractivity contribution in [1.82, 2.24) is 14.9 Å². The number of hydrogen-bond acceptors (Lipinski definition) is 7. The molecule has 1 atom stereocenters. The Hall–Kier alpha value is -2.69. The van der Waals surface area contributed by atoms with Crippen LogP contribution in [0.5, 0.6) is 5.75 Å². The predicted molar refractivity (Wildman–Crippen MR) is 93.3 cm³/mol. The predicted octanol–water partition coefficient (Wildman–Crippen LogP) is 0.910. The summed E-state index contributed by atoms with van der Waals surface area (Å²) < 4.78 is 5.58. The average Bonchev–Trinajstić information content (AvgIpc) is 2.68. The van der Waals surface area contributed by atoms with Gasteiger partial charge in [0, 0.05) is 45.1 Å². The smallest absolute Gasteiger partial charge is 0.147 e. The van der Waals surface area contributed by atoms with Gasteiger partial charge in [0.05, 0.1) is 17.8 Å². The number of β-amino-alcohol motifs (C(OH)–C–C–N with tert-alkyl or cyclic N) is 1. The highest BCUT2D eigenvalue weighted by Crippen LogP contribution is 2.13. The minimum absolute atomic E-state index is 0.232. The molecule has 1 fully saturated rings. The molecule has 130 valence electrons. The van der Waals surface area contributed by atoms with Crippen LogP contribution in [0, 0.1) is 11.3 Å². The van der Waals surface area contributed by atoms with Crippen molar-refractivity contribution in [3.8, 4) is 11.8 Å². The van der Waals surface area contributed by atoms with E-state index in [1.807, 2.05) is 0 Å². The molecule has 1 aliphatic heterocycles. The molecule has 0 amide bonds. The second kappa shape index (κ2) is 8.42. The summed E-state index contributed by atoms with van der Waals surface area (Å²) in [5.41, 5.74) is 0.592. The molecule has 2 aromatic rings. The van der Waals surface area contributed by atoms with E-state index >= 15 is 0 Å². The standard InChI is InChI=1S/C18H21N5O2/c19-11-15-1-3-17(4-2-15)25-14-16(24)13-22-7-9-23(10-8-22)18-12-20-5-6-21-18/h1-6,12,16,24H,7-10,13-14H2. The highest BCUT2D eigenvalue weighted by molar-refractivity contribution is 5.36. The number of nitriles is 1. The normalized spacial score (nSPS) is 16.2. The SMILES string of the molecule is N#Cc1ccc(OCC(O)CN2CCN(c3cnccn3)CC2)cc1. The number of aliphatic hydroxyl groups excluding tert-OH is 1. The maximum absolute atomic E-state index is 10.2. The van der Waals surface area contributed by atoms with Crippen LogP contribution in [0.25, 0.3) is 0 Å². The van der Waals surface area contributed by atoms with Crippen LogP contribution in [-0.2, 0) is 0 Å². The van der Waals surface area contributed by atoms with Gasteiger partial charge in [-0.25, -0.2) is 4.98 Å². The Morgan fingerprint density at radius 1 is 1.16 bits per heavy atom. The van der Waals surface area contributed by atoms with Crippen LogP contribution in [0.1, 0.15) is 5.56 Å². The Balaban J connectivity index is 1.40. The van der Waals surface area contributed by atoms with Gasteiger partial charge in [0.2, 0.25) is 0 Å². The van der Waals surface area contributed by atoms with Gasteiger partial charge in [-0.3, -0.25) is 9.88 Å². The zero-order chi connectivity index (χ0) is 17.5. The van der Waals surface area contributed by atoms with E-state index in [9.17, 15) is 5.11 Å². The van der Waals surface area contributed by atoms with E-state index in [0.29, 0.717) is 17.9 Å². The van der Waals surface area contributed by atoms with Gasteiger partial charge >= 0.3 is 0 Å². The Morgan fingerprint density at radius 3 is 2.56 bits per heavy atom. The molecule has 1 unspecified atom stereocenters.